The van der Waals surface area contributed by atoms with Gasteiger partial charge in [0.15, 0.2) is 0 Å². The zero-order valence-electron chi connectivity index (χ0n) is 25.7. The van der Waals surface area contributed by atoms with Gasteiger partial charge in [0.1, 0.15) is 36.1 Å². The maximum atomic E-state index is 12.4. The number of aromatic amines is 2. The van der Waals surface area contributed by atoms with Crippen LogP contribution < -0.4 is 22.5 Å². The van der Waals surface area contributed by atoms with E-state index in [0.717, 1.165) is 0 Å². The molecule has 48 heavy (non-hydrogen) atoms. The molecule has 0 aromatic carbocycles. The lowest BCUT2D eigenvalue weighted by Gasteiger charge is -2.15. The average molecular weight is 662 g/mol. The molecule has 0 spiro atoms. The summed E-state index contributed by atoms with van der Waals surface area (Å²) in [7, 11) is 0. The summed E-state index contributed by atoms with van der Waals surface area (Å²) in [5.74, 6) is 0. The number of pyridine rings is 1. The summed E-state index contributed by atoms with van der Waals surface area (Å²) in [5.41, 5.74) is 0.372. The highest BCUT2D eigenvalue weighted by Crippen LogP contribution is 2.37. The lowest BCUT2D eigenvalue weighted by molar-refractivity contribution is -0.0324. The number of rotatable bonds is 8. The third kappa shape index (κ3) is 5.61. The van der Waals surface area contributed by atoms with Crippen LogP contribution in [0.5, 0.6) is 0 Å². The minimum atomic E-state index is -0.736. The largest absolute Gasteiger partial charge is 0.394 e. The Bertz CT molecular complexity index is 2060. The molecule has 5 aromatic rings. The number of aliphatic hydroxyl groups excluding tert-OH is 2. The molecule has 0 bridgehead atoms. The van der Waals surface area contributed by atoms with Gasteiger partial charge in [0.25, 0.3) is 11.1 Å². The Morgan fingerprint density at radius 2 is 1.15 bits per heavy atom. The maximum Gasteiger partial charge on any atom is 0.330 e. The molecule has 0 radical (unpaired) electrons. The van der Waals surface area contributed by atoms with E-state index in [1.165, 1.54) is 21.5 Å². The first kappa shape index (κ1) is 31.2. The molecule has 0 aliphatic carbocycles. The fourth-order valence-corrected chi connectivity index (χ4v) is 6.09. The number of aliphatic hydroxyl groups is 2. The molecule has 2 saturated heterocycles. The summed E-state index contributed by atoms with van der Waals surface area (Å²) in [5, 5.41) is 37.1. The van der Waals surface area contributed by atoms with Crippen molar-refractivity contribution in [3.05, 3.63) is 95.8 Å². The fraction of sp³-hybridized carbons (Fsp3) is 0.414. The summed E-state index contributed by atoms with van der Waals surface area (Å²) < 4.78 is 17.6. The molecule has 19 heteroatoms. The molecule has 5 aromatic heterocycles. The maximum absolute atomic E-state index is 12.4. The van der Waals surface area contributed by atoms with E-state index in [0.29, 0.717) is 33.9 Å². The van der Waals surface area contributed by atoms with Crippen molar-refractivity contribution in [1.82, 2.24) is 54.1 Å². The van der Waals surface area contributed by atoms with Crippen molar-refractivity contribution >= 4 is 0 Å². The van der Waals surface area contributed by atoms with Gasteiger partial charge in [0, 0.05) is 36.4 Å². The molecule has 0 amide bonds. The highest BCUT2D eigenvalue weighted by molar-refractivity contribution is 5.60. The second-order valence-electron chi connectivity index (χ2n) is 11.8. The number of ether oxygens (including phenoxy) is 2. The molecule has 250 valence electrons. The highest BCUT2D eigenvalue weighted by atomic mass is 16.5. The fourth-order valence-electron chi connectivity index (χ4n) is 6.09. The molecule has 0 saturated carbocycles. The first-order valence-electron chi connectivity index (χ1n) is 15.1. The Kier molecular flexibility index (Phi) is 8.03. The quantitative estimate of drug-likeness (QED) is 0.155. The molecule has 2 fully saturated rings. The summed E-state index contributed by atoms with van der Waals surface area (Å²) in [6, 6.07) is 4.36. The molecule has 6 unspecified atom stereocenters. The average Bonchev–Trinajstić information content (AvgIpc) is 3.90. The number of nitrogens with one attached hydrogen (secondary N) is 2. The Morgan fingerprint density at radius 1 is 0.708 bits per heavy atom. The van der Waals surface area contributed by atoms with Crippen molar-refractivity contribution in [3.63, 3.8) is 0 Å². The van der Waals surface area contributed by atoms with E-state index in [4.69, 9.17) is 14.5 Å². The molecule has 7 rings (SSSR count). The first-order valence-corrected chi connectivity index (χ1v) is 15.1. The third-order valence-electron chi connectivity index (χ3n) is 8.65. The van der Waals surface area contributed by atoms with Crippen LogP contribution in [-0.2, 0) is 9.47 Å². The molecule has 2 aliphatic heterocycles. The van der Waals surface area contributed by atoms with Gasteiger partial charge >= 0.3 is 11.4 Å². The summed E-state index contributed by atoms with van der Waals surface area (Å²) in [6.45, 7) is 2.51. The standard InChI is InChI=1S/C29H31N11O8/c1-14-8-37(28(45)31-26(14)43)24-6-20(22(12-41)47-24)39-10-18(33-35-39)16-4-3-5-17(30-16)19-11-40(36-34-19)21-7-25(48-23(21)13-42)38-9-15(2)27(44)32-29(38)46/h3-5,8-11,20-25,41-42H,6-7,12-13H2,1-2H3,(H,31,43,45)(H,32,44,46). The third-order valence-corrected chi connectivity index (χ3v) is 8.65. The van der Waals surface area contributed by atoms with Crippen molar-refractivity contribution in [1.29, 1.82) is 0 Å². The van der Waals surface area contributed by atoms with Crippen LogP contribution in [0.1, 0.15) is 48.5 Å². The molecule has 4 N–H and O–H groups in total. The predicted molar refractivity (Wildman–Crippen MR) is 164 cm³/mol. The lowest BCUT2D eigenvalue weighted by Crippen LogP contribution is -2.33. The van der Waals surface area contributed by atoms with Gasteiger partial charge in [0.2, 0.25) is 0 Å². The summed E-state index contributed by atoms with van der Waals surface area (Å²) >= 11 is 0. The first-order chi connectivity index (χ1) is 23.1. The van der Waals surface area contributed by atoms with Gasteiger partial charge in [-0.2, -0.15) is 0 Å². The second-order valence-corrected chi connectivity index (χ2v) is 11.8. The van der Waals surface area contributed by atoms with Gasteiger partial charge in [-0.05, 0) is 26.0 Å². The van der Waals surface area contributed by atoms with Gasteiger partial charge in [-0.3, -0.25) is 28.7 Å². The zero-order valence-corrected chi connectivity index (χ0v) is 25.7. The Balaban J connectivity index is 1.10. The van der Waals surface area contributed by atoms with Crippen LogP contribution in [-0.4, -0.2) is 89.7 Å². The van der Waals surface area contributed by atoms with Crippen molar-refractivity contribution in [2.45, 2.75) is 63.4 Å². The highest BCUT2D eigenvalue weighted by Gasteiger charge is 2.40. The summed E-state index contributed by atoms with van der Waals surface area (Å²) in [4.78, 5) is 57.8. The van der Waals surface area contributed by atoms with E-state index in [-0.39, 0.29) is 26.1 Å². The molecule has 6 atom stereocenters. The Hall–Kier alpha value is -5.37. The molecule has 2 aliphatic rings. The molecule has 19 nitrogen and oxygen atoms in total. The van der Waals surface area contributed by atoms with Gasteiger partial charge in [0.05, 0.1) is 49.1 Å². The van der Waals surface area contributed by atoms with Crippen molar-refractivity contribution in [2.24, 2.45) is 0 Å². The van der Waals surface area contributed by atoms with E-state index in [1.54, 1.807) is 53.8 Å². The van der Waals surface area contributed by atoms with Gasteiger partial charge in [-0.25, -0.2) is 23.9 Å². The van der Waals surface area contributed by atoms with Crippen molar-refractivity contribution < 1.29 is 19.7 Å². The number of aryl methyl sites for hydroxylation is 2. The van der Waals surface area contributed by atoms with Crippen LogP contribution in [0.3, 0.4) is 0 Å². The van der Waals surface area contributed by atoms with Crippen molar-refractivity contribution in [2.75, 3.05) is 13.2 Å². The van der Waals surface area contributed by atoms with E-state index >= 15 is 0 Å². The van der Waals surface area contributed by atoms with E-state index in [9.17, 15) is 29.4 Å². The number of nitrogens with zero attached hydrogens (tertiary/aromatic N) is 9. The topological polar surface area (TPSA) is 243 Å². The number of hydrogen-bond acceptors (Lipinski definition) is 13. The SMILES string of the molecule is Cc1cn(C2CC(n3cc(-c4cccc(-c5cn(C6CC(n7cc(C)c(=O)[nH]c7=O)OC6CO)nn5)n4)nn3)C(CO)O2)c(=O)[nH]c1=O. The molecular weight excluding hydrogens is 630 g/mol. The predicted octanol–water partition coefficient (Wildman–Crippen LogP) is -1.04. The van der Waals surface area contributed by atoms with Gasteiger partial charge in [-0.15, -0.1) is 10.2 Å². The van der Waals surface area contributed by atoms with Crippen LogP contribution in [0.15, 0.2) is 62.2 Å². The summed E-state index contributed by atoms with van der Waals surface area (Å²) in [6.07, 6.45) is 3.92. The van der Waals surface area contributed by atoms with E-state index in [2.05, 4.69) is 30.6 Å². The van der Waals surface area contributed by atoms with Gasteiger partial charge < -0.3 is 19.7 Å². The molecular formula is C29H31N11O8. The second kappa shape index (κ2) is 12.3. The van der Waals surface area contributed by atoms with E-state index in [1.807, 2.05) is 0 Å². The van der Waals surface area contributed by atoms with Crippen LogP contribution in [0.4, 0.5) is 0 Å². The van der Waals surface area contributed by atoms with Gasteiger partial charge in [-0.1, -0.05) is 16.5 Å². The number of H-pyrrole nitrogens is 2. The van der Waals surface area contributed by atoms with Crippen LogP contribution in [0, 0.1) is 13.8 Å². The van der Waals surface area contributed by atoms with E-state index < -0.39 is 59.2 Å². The molecule has 7 heterocycles. The minimum absolute atomic E-state index is 0.285. The van der Waals surface area contributed by atoms with Crippen LogP contribution >= 0.6 is 0 Å². The minimum Gasteiger partial charge on any atom is -0.394 e. The smallest absolute Gasteiger partial charge is 0.330 e. The Morgan fingerprint density at radius 3 is 1.56 bits per heavy atom. The normalized spacial score (nSPS) is 24.0. The number of hydrogen-bond donors (Lipinski definition) is 4. The monoisotopic (exact) mass is 661 g/mol. The van der Waals surface area contributed by atoms with Crippen LogP contribution in [0.2, 0.25) is 0 Å². The van der Waals surface area contributed by atoms with Crippen molar-refractivity contribution in [3.8, 4) is 22.8 Å². The lowest BCUT2D eigenvalue weighted by atomic mass is 10.1. The Labute approximate surface area is 269 Å². The van der Waals surface area contributed by atoms with Crippen LogP contribution in [0.25, 0.3) is 22.8 Å². The zero-order chi connectivity index (χ0) is 33.7. The number of aromatic nitrogens is 11.